The minimum absolute atomic E-state index is 0.219. The lowest BCUT2D eigenvalue weighted by atomic mass is 10.1. The van der Waals surface area contributed by atoms with Gasteiger partial charge in [0.05, 0.1) is 6.54 Å². The van der Waals surface area contributed by atoms with Crippen molar-refractivity contribution in [2.75, 3.05) is 12.3 Å². The third-order valence-corrected chi connectivity index (χ3v) is 3.76. The maximum atomic E-state index is 11.8. The number of nitrogens with one attached hydrogen (secondary N) is 1. The first-order valence-electron chi connectivity index (χ1n) is 5.35. The number of rotatable bonds is 2. The highest BCUT2D eigenvalue weighted by molar-refractivity contribution is 8.14. The summed E-state index contributed by atoms with van der Waals surface area (Å²) >= 11 is 7.66. The van der Waals surface area contributed by atoms with Gasteiger partial charge < -0.3 is 5.32 Å². The molecule has 1 aromatic carbocycles. The van der Waals surface area contributed by atoms with E-state index < -0.39 is 5.38 Å². The number of aryl methyl sites for hydroxylation is 1. The fraction of sp³-hybridized carbons (Fsp3) is 0.333. The van der Waals surface area contributed by atoms with Gasteiger partial charge in [0.1, 0.15) is 5.38 Å². The van der Waals surface area contributed by atoms with Gasteiger partial charge in [-0.25, -0.2) is 0 Å². The quantitative estimate of drug-likeness (QED) is 0.838. The van der Waals surface area contributed by atoms with Crippen LogP contribution in [0.25, 0.3) is 0 Å². The van der Waals surface area contributed by atoms with E-state index >= 15 is 0 Å². The Kier molecular flexibility index (Phi) is 4.07. The van der Waals surface area contributed by atoms with Crippen molar-refractivity contribution < 1.29 is 4.79 Å². The molecule has 0 bridgehead atoms. The molecule has 3 nitrogen and oxygen atoms in total. The fourth-order valence-electron chi connectivity index (χ4n) is 1.47. The average Bonchev–Trinajstić information content (AvgIpc) is 2.82. The minimum Gasteiger partial charge on any atom is -0.304 e. The molecule has 0 radical (unpaired) electrons. The summed E-state index contributed by atoms with van der Waals surface area (Å²) in [7, 11) is 0. The highest BCUT2D eigenvalue weighted by Crippen LogP contribution is 2.21. The van der Waals surface area contributed by atoms with Crippen LogP contribution in [0.4, 0.5) is 0 Å². The summed E-state index contributed by atoms with van der Waals surface area (Å²) in [5.41, 5.74) is 1.95. The molecular weight excluding hydrogens is 256 g/mol. The van der Waals surface area contributed by atoms with Crippen molar-refractivity contribution in [3.05, 3.63) is 35.4 Å². The average molecular weight is 269 g/mol. The molecule has 1 N–H and O–H groups in total. The second kappa shape index (κ2) is 5.56. The van der Waals surface area contributed by atoms with Crippen LogP contribution < -0.4 is 5.32 Å². The first-order chi connectivity index (χ1) is 8.16. The molecule has 1 heterocycles. The highest BCUT2D eigenvalue weighted by Gasteiger charge is 2.20. The molecule has 1 aliphatic heterocycles. The van der Waals surface area contributed by atoms with E-state index in [-0.39, 0.29) is 5.91 Å². The zero-order valence-corrected chi connectivity index (χ0v) is 11.0. The van der Waals surface area contributed by atoms with E-state index in [1.54, 1.807) is 11.8 Å². The Morgan fingerprint density at radius 2 is 2.18 bits per heavy atom. The molecule has 17 heavy (non-hydrogen) atoms. The van der Waals surface area contributed by atoms with Crippen molar-refractivity contribution in [2.24, 2.45) is 4.99 Å². The number of thioether (sulfide) groups is 1. The lowest BCUT2D eigenvalue weighted by molar-refractivity contribution is -0.119. The van der Waals surface area contributed by atoms with Crippen molar-refractivity contribution in [1.29, 1.82) is 0 Å². The smallest absolute Gasteiger partial charge is 0.248 e. The van der Waals surface area contributed by atoms with E-state index in [2.05, 4.69) is 10.3 Å². The molecule has 0 aliphatic carbocycles. The van der Waals surface area contributed by atoms with Crippen LogP contribution in [-0.4, -0.2) is 23.4 Å². The van der Waals surface area contributed by atoms with E-state index in [4.69, 9.17) is 11.6 Å². The number of aliphatic imine (C=N–C) groups is 1. The third kappa shape index (κ3) is 3.23. The molecule has 0 fully saturated rings. The van der Waals surface area contributed by atoms with Gasteiger partial charge in [-0.05, 0) is 12.5 Å². The minimum atomic E-state index is -0.667. The molecule has 0 saturated carbocycles. The van der Waals surface area contributed by atoms with Crippen LogP contribution in [0.15, 0.2) is 29.3 Å². The number of hydrogen-bond donors (Lipinski definition) is 1. The fourth-order valence-corrected chi connectivity index (χ4v) is 2.40. The normalized spacial score (nSPS) is 16.5. The van der Waals surface area contributed by atoms with E-state index in [0.717, 1.165) is 23.4 Å². The number of hydrogen-bond acceptors (Lipinski definition) is 3. The van der Waals surface area contributed by atoms with Gasteiger partial charge in [-0.15, -0.1) is 11.6 Å². The van der Waals surface area contributed by atoms with Crippen molar-refractivity contribution in [3.63, 3.8) is 0 Å². The van der Waals surface area contributed by atoms with Crippen LogP contribution in [-0.2, 0) is 4.79 Å². The summed E-state index contributed by atoms with van der Waals surface area (Å²) in [5, 5.41) is 2.74. The van der Waals surface area contributed by atoms with Crippen LogP contribution in [0, 0.1) is 6.92 Å². The van der Waals surface area contributed by atoms with Crippen molar-refractivity contribution in [3.8, 4) is 0 Å². The molecule has 2 rings (SSSR count). The number of alkyl halides is 1. The Morgan fingerprint density at radius 1 is 1.47 bits per heavy atom. The molecule has 1 aliphatic rings. The molecule has 0 saturated heterocycles. The Hall–Kier alpha value is -1.00. The monoisotopic (exact) mass is 268 g/mol. The molecule has 1 aromatic rings. The summed E-state index contributed by atoms with van der Waals surface area (Å²) in [6.07, 6.45) is 0. The highest BCUT2D eigenvalue weighted by atomic mass is 35.5. The zero-order valence-electron chi connectivity index (χ0n) is 9.44. The van der Waals surface area contributed by atoms with Gasteiger partial charge in [0, 0.05) is 5.75 Å². The van der Waals surface area contributed by atoms with E-state index in [0.29, 0.717) is 5.17 Å². The number of amides is 1. The van der Waals surface area contributed by atoms with Gasteiger partial charge in [0.25, 0.3) is 0 Å². The van der Waals surface area contributed by atoms with Crippen LogP contribution in [0.5, 0.6) is 0 Å². The maximum absolute atomic E-state index is 11.8. The van der Waals surface area contributed by atoms with Gasteiger partial charge in [-0.1, -0.05) is 41.6 Å². The van der Waals surface area contributed by atoms with E-state index in [9.17, 15) is 4.79 Å². The van der Waals surface area contributed by atoms with Gasteiger partial charge in [0.2, 0.25) is 5.91 Å². The Bertz CT molecular complexity index is 444. The maximum Gasteiger partial charge on any atom is 0.248 e. The lowest BCUT2D eigenvalue weighted by Crippen LogP contribution is -2.30. The molecule has 0 unspecified atom stereocenters. The second-order valence-electron chi connectivity index (χ2n) is 3.80. The van der Waals surface area contributed by atoms with Crippen LogP contribution >= 0.6 is 23.4 Å². The predicted octanol–water partition coefficient (Wildman–Crippen LogP) is 2.49. The summed E-state index contributed by atoms with van der Waals surface area (Å²) in [4.78, 5) is 16.0. The summed E-state index contributed by atoms with van der Waals surface area (Å²) < 4.78 is 0. The largest absolute Gasteiger partial charge is 0.304 e. The predicted molar refractivity (Wildman–Crippen MR) is 72.7 cm³/mol. The van der Waals surface area contributed by atoms with Gasteiger partial charge in [0.15, 0.2) is 5.17 Å². The standard InChI is InChI=1S/C12H13ClN2OS/c1-8-2-4-9(5-3-8)10(13)11(16)15-12-14-6-7-17-12/h2-5,10H,6-7H2,1H3,(H,14,15,16)/t10-/m0/s1. The second-order valence-corrected chi connectivity index (χ2v) is 5.32. The van der Waals surface area contributed by atoms with Crippen LogP contribution in [0.1, 0.15) is 16.5 Å². The van der Waals surface area contributed by atoms with Crippen LogP contribution in [0.2, 0.25) is 0 Å². The molecule has 0 spiro atoms. The molecular formula is C12H13ClN2OS. The zero-order chi connectivity index (χ0) is 12.3. The van der Waals surface area contributed by atoms with Crippen molar-refractivity contribution in [2.45, 2.75) is 12.3 Å². The molecule has 1 amide bonds. The molecule has 5 heteroatoms. The Morgan fingerprint density at radius 3 is 2.76 bits per heavy atom. The van der Waals surface area contributed by atoms with E-state index in [1.807, 2.05) is 31.2 Å². The lowest BCUT2D eigenvalue weighted by Gasteiger charge is -2.10. The SMILES string of the molecule is Cc1ccc([C@H](Cl)C(=O)NC2=NCCS2)cc1. The van der Waals surface area contributed by atoms with Gasteiger partial charge in [-0.2, -0.15) is 0 Å². The number of carbonyl (C=O) groups excluding carboxylic acids is 1. The molecule has 1 atom stereocenters. The van der Waals surface area contributed by atoms with Crippen LogP contribution in [0.3, 0.4) is 0 Å². The first-order valence-corrected chi connectivity index (χ1v) is 6.78. The molecule has 90 valence electrons. The topological polar surface area (TPSA) is 41.5 Å². The first kappa shape index (κ1) is 12.5. The number of amidine groups is 1. The molecule has 0 aromatic heterocycles. The number of halogens is 1. The summed E-state index contributed by atoms with van der Waals surface area (Å²) in [6, 6.07) is 7.63. The Balaban J connectivity index is 2.01. The number of carbonyl (C=O) groups is 1. The third-order valence-electron chi connectivity index (χ3n) is 2.42. The van der Waals surface area contributed by atoms with E-state index in [1.165, 1.54) is 0 Å². The van der Waals surface area contributed by atoms with Crippen molar-refractivity contribution >= 4 is 34.4 Å². The number of benzene rings is 1. The summed E-state index contributed by atoms with van der Waals surface area (Å²) in [6.45, 7) is 2.76. The number of nitrogens with zero attached hydrogens (tertiary/aromatic N) is 1. The van der Waals surface area contributed by atoms with Gasteiger partial charge in [-0.3, -0.25) is 9.79 Å². The van der Waals surface area contributed by atoms with Crippen molar-refractivity contribution in [1.82, 2.24) is 5.32 Å². The summed E-state index contributed by atoms with van der Waals surface area (Å²) in [5.74, 6) is 0.705. The van der Waals surface area contributed by atoms with Gasteiger partial charge >= 0.3 is 0 Å². The Labute approximate surface area is 110 Å².